The van der Waals surface area contributed by atoms with Crippen LogP contribution in [0.5, 0.6) is 0 Å². The van der Waals surface area contributed by atoms with Gasteiger partial charge in [0.25, 0.3) is 0 Å². The third-order valence-corrected chi connectivity index (χ3v) is 1.13. The second kappa shape index (κ2) is 3.31. The van der Waals surface area contributed by atoms with Crippen LogP contribution in [0.25, 0.3) is 0 Å². The Bertz CT molecular complexity index is 228. The molecule has 4 N–H and O–H groups in total. The molecule has 0 aliphatic rings. The van der Waals surface area contributed by atoms with Crippen molar-refractivity contribution in [3.8, 4) is 0 Å². The number of hydrogen-bond donors (Lipinski definition) is 3. The summed E-state index contributed by atoms with van der Waals surface area (Å²) in [4.78, 5) is 11.2. The van der Waals surface area contributed by atoms with Gasteiger partial charge in [0, 0.05) is 7.05 Å². The van der Waals surface area contributed by atoms with Crippen molar-refractivity contribution in [3.05, 3.63) is 5.28 Å². The monoisotopic (exact) mass is 174 g/mol. The molecule has 0 saturated heterocycles. The Morgan fingerprint density at radius 1 is 1.27 bits per heavy atom. The molecule has 0 aliphatic heterocycles. The smallest absolute Gasteiger partial charge is 0.243 e. The highest BCUT2D eigenvalue weighted by Gasteiger charge is 2.00. The van der Waals surface area contributed by atoms with E-state index in [0.29, 0.717) is 5.95 Å². The summed E-state index contributed by atoms with van der Waals surface area (Å²) < 4.78 is 0. The van der Waals surface area contributed by atoms with Crippen LogP contribution in [0.2, 0.25) is 5.28 Å². The van der Waals surface area contributed by atoms with Gasteiger partial charge < -0.3 is 5.32 Å². The van der Waals surface area contributed by atoms with E-state index in [0.717, 1.165) is 0 Å². The summed E-state index contributed by atoms with van der Waals surface area (Å²) >= 11 is 5.51. The lowest BCUT2D eigenvalue weighted by atomic mass is 10.9. The van der Waals surface area contributed by atoms with E-state index in [2.05, 4.69) is 25.7 Å². The fraction of sp³-hybridized carbons (Fsp3) is 0.250. The van der Waals surface area contributed by atoms with Crippen molar-refractivity contribution < 1.29 is 0 Å². The standard InChI is InChI=1S/C4H7ClN6/c1-7-3-8-2(5)9-4(10-3)11-6/h6H2,1H3,(H2,7,8,9,10,11). The van der Waals surface area contributed by atoms with Gasteiger partial charge in [-0.25, -0.2) is 5.84 Å². The lowest BCUT2D eigenvalue weighted by Crippen LogP contribution is -2.12. The first-order valence-corrected chi connectivity index (χ1v) is 3.20. The summed E-state index contributed by atoms with van der Waals surface area (Å²) in [5.74, 6) is 5.66. The van der Waals surface area contributed by atoms with Crippen LogP contribution in [0.3, 0.4) is 0 Å². The molecule has 0 bridgehead atoms. The van der Waals surface area contributed by atoms with E-state index in [4.69, 9.17) is 17.4 Å². The Morgan fingerprint density at radius 2 is 1.91 bits per heavy atom. The highest BCUT2D eigenvalue weighted by molar-refractivity contribution is 6.28. The maximum Gasteiger partial charge on any atom is 0.243 e. The Balaban J connectivity index is 3.02. The molecule has 0 fully saturated rings. The number of nitrogen functional groups attached to an aromatic ring is 1. The van der Waals surface area contributed by atoms with Gasteiger partial charge in [0.2, 0.25) is 17.2 Å². The van der Waals surface area contributed by atoms with E-state index in [-0.39, 0.29) is 11.2 Å². The van der Waals surface area contributed by atoms with Crippen molar-refractivity contribution in [2.45, 2.75) is 0 Å². The first-order chi connectivity index (χ1) is 5.26. The van der Waals surface area contributed by atoms with Gasteiger partial charge in [-0.1, -0.05) is 0 Å². The molecule has 0 aromatic carbocycles. The van der Waals surface area contributed by atoms with E-state index in [1.807, 2.05) is 0 Å². The summed E-state index contributed by atoms with van der Waals surface area (Å²) in [5.41, 5.74) is 2.26. The number of hydrazine groups is 1. The summed E-state index contributed by atoms with van der Waals surface area (Å²) in [5, 5.41) is 2.80. The van der Waals surface area contributed by atoms with E-state index in [1.54, 1.807) is 7.05 Å². The summed E-state index contributed by atoms with van der Waals surface area (Å²) in [7, 11) is 1.67. The van der Waals surface area contributed by atoms with Crippen LogP contribution in [-0.4, -0.2) is 22.0 Å². The van der Waals surface area contributed by atoms with E-state index >= 15 is 0 Å². The van der Waals surface area contributed by atoms with Gasteiger partial charge in [-0.15, -0.1) is 0 Å². The fourth-order valence-electron chi connectivity index (χ4n) is 0.526. The average Bonchev–Trinajstić information content (AvgIpc) is 2.03. The van der Waals surface area contributed by atoms with Crippen LogP contribution in [0.1, 0.15) is 0 Å². The molecule has 0 spiro atoms. The Labute approximate surface area is 68.2 Å². The molecule has 1 aromatic rings. The van der Waals surface area contributed by atoms with Crippen molar-refractivity contribution in [1.29, 1.82) is 0 Å². The van der Waals surface area contributed by atoms with Gasteiger partial charge in [-0.2, -0.15) is 15.0 Å². The van der Waals surface area contributed by atoms with Crippen molar-refractivity contribution in [2.24, 2.45) is 5.84 Å². The molecule has 1 aromatic heterocycles. The maximum atomic E-state index is 5.51. The lowest BCUT2D eigenvalue weighted by molar-refractivity contribution is 1.03. The number of nitrogens with zero attached hydrogens (tertiary/aromatic N) is 3. The molecule has 0 unspecified atom stereocenters. The Hall–Kier alpha value is -1.14. The predicted octanol–water partition coefficient (Wildman–Crippen LogP) is -0.148. The highest BCUT2D eigenvalue weighted by atomic mass is 35.5. The highest BCUT2D eigenvalue weighted by Crippen LogP contribution is 2.06. The third-order valence-electron chi connectivity index (χ3n) is 0.961. The molecule has 11 heavy (non-hydrogen) atoms. The van der Waals surface area contributed by atoms with Crippen molar-refractivity contribution in [1.82, 2.24) is 15.0 Å². The Morgan fingerprint density at radius 3 is 2.45 bits per heavy atom. The molecular weight excluding hydrogens is 168 g/mol. The number of aromatic nitrogens is 3. The van der Waals surface area contributed by atoms with Gasteiger partial charge in [0.15, 0.2) is 0 Å². The minimum atomic E-state index is 0.0947. The molecule has 0 radical (unpaired) electrons. The summed E-state index contributed by atoms with van der Waals surface area (Å²) in [6.07, 6.45) is 0. The second-order valence-electron chi connectivity index (χ2n) is 1.65. The zero-order valence-corrected chi connectivity index (χ0v) is 6.55. The molecule has 0 aliphatic carbocycles. The van der Waals surface area contributed by atoms with E-state index in [9.17, 15) is 0 Å². The van der Waals surface area contributed by atoms with Crippen LogP contribution in [0.15, 0.2) is 0 Å². The molecule has 0 saturated carbocycles. The van der Waals surface area contributed by atoms with Gasteiger partial charge in [0.1, 0.15) is 0 Å². The van der Waals surface area contributed by atoms with Gasteiger partial charge >= 0.3 is 0 Å². The van der Waals surface area contributed by atoms with Crippen molar-refractivity contribution in [2.75, 3.05) is 17.8 Å². The van der Waals surface area contributed by atoms with Crippen LogP contribution < -0.4 is 16.6 Å². The second-order valence-corrected chi connectivity index (χ2v) is 1.98. The van der Waals surface area contributed by atoms with Gasteiger partial charge in [-0.05, 0) is 11.6 Å². The SMILES string of the molecule is CNc1nc(Cl)nc(NN)n1. The minimum Gasteiger partial charge on any atom is -0.357 e. The number of nitrogens with two attached hydrogens (primary N) is 1. The number of nitrogens with one attached hydrogen (secondary N) is 2. The molecule has 0 atom stereocenters. The maximum absolute atomic E-state index is 5.51. The molecule has 1 heterocycles. The molecule has 6 nitrogen and oxygen atoms in total. The van der Waals surface area contributed by atoms with Crippen molar-refractivity contribution in [3.63, 3.8) is 0 Å². The number of halogens is 1. The summed E-state index contributed by atoms with van der Waals surface area (Å²) in [6.45, 7) is 0. The topological polar surface area (TPSA) is 88.8 Å². The number of anilines is 2. The van der Waals surface area contributed by atoms with Crippen LogP contribution in [0, 0.1) is 0 Å². The minimum absolute atomic E-state index is 0.0947. The van der Waals surface area contributed by atoms with Crippen molar-refractivity contribution >= 4 is 23.5 Å². The largest absolute Gasteiger partial charge is 0.357 e. The predicted molar refractivity (Wildman–Crippen MR) is 42.2 cm³/mol. The van der Waals surface area contributed by atoms with E-state index < -0.39 is 0 Å². The quantitative estimate of drug-likeness (QED) is 0.427. The van der Waals surface area contributed by atoms with E-state index in [1.165, 1.54) is 0 Å². The number of rotatable bonds is 2. The molecule has 7 heteroatoms. The normalized spacial score (nSPS) is 9.36. The molecule has 1 rings (SSSR count). The van der Waals surface area contributed by atoms with Gasteiger partial charge in [0.05, 0.1) is 0 Å². The third kappa shape index (κ3) is 1.89. The van der Waals surface area contributed by atoms with Gasteiger partial charge in [-0.3, -0.25) is 5.43 Å². The lowest BCUT2D eigenvalue weighted by Gasteiger charge is -2.00. The zero-order valence-electron chi connectivity index (χ0n) is 5.80. The molecule has 60 valence electrons. The van der Waals surface area contributed by atoms with Crippen LogP contribution in [0.4, 0.5) is 11.9 Å². The Kier molecular flexibility index (Phi) is 2.40. The fourth-order valence-corrected chi connectivity index (χ4v) is 0.687. The first-order valence-electron chi connectivity index (χ1n) is 2.82. The summed E-state index contributed by atoms with van der Waals surface area (Å²) in [6, 6.07) is 0. The average molecular weight is 175 g/mol. The van der Waals surface area contributed by atoms with Crippen LogP contribution >= 0.6 is 11.6 Å². The van der Waals surface area contributed by atoms with Crippen LogP contribution in [-0.2, 0) is 0 Å². The number of hydrogen-bond acceptors (Lipinski definition) is 6. The molecule has 0 amide bonds. The zero-order chi connectivity index (χ0) is 8.27. The first kappa shape index (κ1) is 7.96. The molecular formula is C4H7ClN6.